The summed E-state index contributed by atoms with van der Waals surface area (Å²) in [7, 11) is 0. The highest BCUT2D eigenvalue weighted by Crippen LogP contribution is 2.24. The summed E-state index contributed by atoms with van der Waals surface area (Å²) in [6.07, 6.45) is 0.127. The zero-order chi connectivity index (χ0) is 16.9. The van der Waals surface area contributed by atoms with E-state index in [9.17, 15) is 14.4 Å². The van der Waals surface area contributed by atoms with Crippen molar-refractivity contribution < 1.29 is 14.4 Å². The number of hydrazine groups is 1. The maximum Gasteiger partial charge on any atom is 0.269 e. The molecule has 6 nitrogen and oxygen atoms in total. The Morgan fingerprint density at radius 3 is 2.21 bits per heavy atom. The highest BCUT2D eigenvalue weighted by Gasteiger charge is 2.35. The van der Waals surface area contributed by atoms with Crippen LogP contribution in [0.3, 0.4) is 0 Å². The van der Waals surface area contributed by atoms with Crippen molar-refractivity contribution >= 4 is 23.4 Å². The number of nitrogens with one attached hydrogen (secondary N) is 2. The highest BCUT2D eigenvalue weighted by atomic mass is 16.2. The predicted molar refractivity (Wildman–Crippen MR) is 89.0 cm³/mol. The maximum atomic E-state index is 12.2. The molecular formula is C18H17N3O3. The van der Waals surface area contributed by atoms with E-state index < -0.39 is 11.8 Å². The molecule has 0 aliphatic carbocycles. The Labute approximate surface area is 139 Å². The Morgan fingerprint density at radius 2 is 1.54 bits per heavy atom. The summed E-state index contributed by atoms with van der Waals surface area (Å²) in [5.41, 5.74) is 5.99. The summed E-state index contributed by atoms with van der Waals surface area (Å²) >= 11 is 0. The minimum absolute atomic E-state index is 0.101. The molecule has 1 fully saturated rings. The fourth-order valence-electron chi connectivity index (χ4n) is 2.62. The third kappa shape index (κ3) is 3.43. The Kier molecular flexibility index (Phi) is 4.56. The lowest BCUT2D eigenvalue weighted by Gasteiger charge is -2.16. The van der Waals surface area contributed by atoms with E-state index in [1.165, 1.54) is 0 Å². The molecule has 1 aliphatic rings. The van der Waals surface area contributed by atoms with Crippen molar-refractivity contribution in [2.75, 3.05) is 11.4 Å². The molecule has 0 spiro atoms. The van der Waals surface area contributed by atoms with Crippen molar-refractivity contribution in [3.63, 3.8) is 0 Å². The fraction of sp³-hybridized carbons (Fsp3) is 0.167. The molecule has 1 atom stereocenters. The molecule has 1 saturated heterocycles. The van der Waals surface area contributed by atoms with Crippen LogP contribution in [0.15, 0.2) is 60.7 Å². The Hall–Kier alpha value is -3.15. The van der Waals surface area contributed by atoms with E-state index in [1.807, 2.05) is 30.3 Å². The van der Waals surface area contributed by atoms with Crippen LogP contribution in [-0.4, -0.2) is 24.3 Å². The van der Waals surface area contributed by atoms with E-state index in [4.69, 9.17) is 0 Å². The van der Waals surface area contributed by atoms with Gasteiger partial charge < -0.3 is 4.90 Å². The van der Waals surface area contributed by atoms with Gasteiger partial charge in [0.25, 0.3) is 5.91 Å². The number of para-hydroxylation sites is 1. The first-order valence-corrected chi connectivity index (χ1v) is 7.66. The van der Waals surface area contributed by atoms with Crippen LogP contribution in [0.25, 0.3) is 0 Å². The number of rotatable bonds is 3. The third-order valence-electron chi connectivity index (χ3n) is 3.90. The quantitative estimate of drug-likeness (QED) is 0.840. The number of anilines is 1. The number of carbonyl (C=O) groups is 3. The summed E-state index contributed by atoms with van der Waals surface area (Å²) in [4.78, 5) is 37.8. The second kappa shape index (κ2) is 6.95. The summed E-state index contributed by atoms with van der Waals surface area (Å²) < 4.78 is 0. The molecule has 6 heteroatoms. The zero-order valence-electron chi connectivity index (χ0n) is 12.9. The molecule has 0 aromatic heterocycles. The number of benzene rings is 2. The summed E-state index contributed by atoms with van der Waals surface area (Å²) in [5, 5.41) is 0. The Morgan fingerprint density at radius 1 is 0.917 bits per heavy atom. The number of nitrogens with zero attached hydrogens (tertiary/aromatic N) is 1. The van der Waals surface area contributed by atoms with Gasteiger partial charge in [-0.25, -0.2) is 0 Å². The molecule has 2 aromatic rings. The topological polar surface area (TPSA) is 78.5 Å². The van der Waals surface area contributed by atoms with Gasteiger partial charge in [-0.05, 0) is 24.3 Å². The molecule has 2 aromatic carbocycles. The van der Waals surface area contributed by atoms with E-state index in [1.54, 1.807) is 35.2 Å². The summed E-state index contributed by atoms with van der Waals surface area (Å²) in [6.45, 7) is 0.301. The van der Waals surface area contributed by atoms with E-state index in [0.717, 1.165) is 5.69 Å². The molecule has 0 radical (unpaired) electrons. The van der Waals surface area contributed by atoms with Crippen molar-refractivity contribution in [1.82, 2.24) is 10.9 Å². The zero-order valence-corrected chi connectivity index (χ0v) is 12.9. The molecule has 24 heavy (non-hydrogen) atoms. The smallest absolute Gasteiger partial charge is 0.269 e. The highest BCUT2D eigenvalue weighted by molar-refractivity contribution is 6.01. The van der Waals surface area contributed by atoms with E-state index in [-0.39, 0.29) is 18.2 Å². The maximum absolute atomic E-state index is 12.2. The predicted octanol–water partition coefficient (Wildman–Crippen LogP) is 1.50. The lowest BCUT2D eigenvalue weighted by atomic mass is 10.1. The van der Waals surface area contributed by atoms with Crippen LogP contribution in [-0.2, 0) is 9.59 Å². The van der Waals surface area contributed by atoms with Gasteiger partial charge in [0.1, 0.15) is 0 Å². The molecule has 0 unspecified atom stereocenters. The number of hydrogen-bond donors (Lipinski definition) is 2. The average molecular weight is 323 g/mol. The second-order valence-corrected chi connectivity index (χ2v) is 5.55. The molecule has 3 amide bonds. The lowest BCUT2D eigenvalue weighted by molar-refractivity contribution is -0.126. The van der Waals surface area contributed by atoms with E-state index in [0.29, 0.717) is 12.1 Å². The van der Waals surface area contributed by atoms with E-state index in [2.05, 4.69) is 10.9 Å². The number of hydrogen-bond acceptors (Lipinski definition) is 3. The molecule has 3 rings (SSSR count). The van der Waals surface area contributed by atoms with Crippen LogP contribution in [0.5, 0.6) is 0 Å². The molecule has 0 bridgehead atoms. The minimum atomic E-state index is -0.492. The van der Waals surface area contributed by atoms with Crippen LogP contribution in [0, 0.1) is 5.92 Å². The summed E-state index contributed by atoms with van der Waals surface area (Å²) in [5.74, 6) is -1.36. The molecule has 122 valence electrons. The summed E-state index contributed by atoms with van der Waals surface area (Å²) in [6, 6.07) is 17.8. The Bertz CT molecular complexity index is 747. The monoisotopic (exact) mass is 323 g/mol. The van der Waals surface area contributed by atoms with Crippen molar-refractivity contribution in [1.29, 1.82) is 0 Å². The van der Waals surface area contributed by atoms with Gasteiger partial charge in [0.05, 0.1) is 5.92 Å². The third-order valence-corrected chi connectivity index (χ3v) is 3.90. The lowest BCUT2D eigenvalue weighted by Crippen LogP contribution is -2.45. The van der Waals surface area contributed by atoms with Gasteiger partial charge in [-0.1, -0.05) is 36.4 Å². The first-order chi connectivity index (χ1) is 11.6. The average Bonchev–Trinajstić information content (AvgIpc) is 3.02. The van der Waals surface area contributed by atoms with Crippen LogP contribution < -0.4 is 15.8 Å². The van der Waals surface area contributed by atoms with Crippen LogP contribution in [0.2, 0.25) is 0 Å². The van der Waals surface area contributed by atoms with Crippen LogP contribution in [0.1, 0.15) is 16.8 Å². The number of amides is 3. The van der Waals surface area contributed by atoms with Crippen LogP contribution in [0.4, 0.5) is 5.69 Å². The van der Waals surface area contributed by atoms with Gasteiger partial charge in [0.2, 0.25) is 11.8 Å². The van der Waals surface area contributed by atoms with Gasteiger partial charge in [0, 0.05) is 24.2 Å². The SMILES string of the molecule is O=C(NNC(=O)[C@H]1CC(=O)N(c2ccccc2)C1)c1ccccc1. The van der Waals surface area contributed by atoms with Gasteiger partial charge in [0.15, 0.2) is 0 Å². The van der Waals surface area contributed by atoms with Crippen molar-refractivity contribution in [3.8, 4) is 0 Å². The van der Waals surface area contributed by atoms with Gasteiger partial charge in [-0.3, -0.25) is 25.2 Å². The molecule has 2 N–H and O–H groups in total. The molecular weight excluding hydrogens is 306 g/mol. The first-order valence-electron chi connectivity index (χ1n) is 7.66. The van der Waals surface area contributed by atoms with Gasteiger partial charge in [-0.2, -0.15) is 0 Å². The largest absolute Gasteiger partial charge is 0.312 e. The molecule has 1 aliphatic heterocycles. The van der Waals surface area contributed by atoms with Gasteiger partial charge >= 0.3 is 0 Å². The molecule has 1 heterocycles. The van der Waals surface area contributed by atoms with Crippen LogP contribution >= 0.6 is 0 Å². The van der Waals surface area contributed by atoms with Gasteiger partial charge in [-0.15, -0.1) is 0 Å². The van der Waals surface area contributed by atoms with E-state index >= 15 is 0 Å². The first kappa shape index (κ1) is 15.7. The fourth-order valence-corrected chi connectivity index (χ4v) is 2.62. The molecule has 0 saturated carbocycles. The number of carbonyl (C=O) groups excluding carboxylic acids is 3. The standard InChI is InChI=1S/C18H17N3O3/c22-16-11-14(12-21(16)15-9-5-2-6-10-15)18(24)20-19-17(23)13-7-3-1-4-8-13/h1-10,14H,11-12H2,(H,19,23)(H,20,24)/t14-/m0/s1. The second-order valence-electron chi connectivity index (χ2n) is 5.55. The Balaban J connectivity index is 1.57. The van der Waals surface area contributed by atoms with Crippen molar-refractivity contribution in [2.45, 2.75) is 6.42 Å². The normalized spacial score (nSPS) is 16.8. The van der Waals surface area contributed by atoms with Crippen molar-refractivity contribution in [3.05, 3.63) is 66.2 Å². The van der Waals surface area contributed by atoms with Crippen molar-refractivity contribution in [2.24, 2.45) is 5.92 Å². The minimum Gasteiger partial charge on any atom is -0.312 e.